The first kappa shape index (κ1) is 30.0. The predicted octanol–water partition coefficient (Wildman–Crippen LogP) is 14.7. The van der Waals surface area contributed by atoms with Gasteiger partial charge in [0.2, 0.25) is 0 Å². The van der Waals surface area contributed by atoms with Crippen molar-refractivity contribution in [1.29, 1.82) is 0 Å². The first-order chi connectivity index (χ1) is 27.8. The Bertz CT molecular complexity index is 3570. The van der Waals surface area contributed by atoms with Gasteiger partial charge in [-0.2, -0.15) is 0 Å². The van der Waals surface area contributed by atoms with E-state index in [4.69, 9.17) is 0 Å². The highest BCUT2D eigenvalue weighted by atomic mass is 15.0. The molecule has 2 heterocycles. The summed E-state index contributed by atoms with van der Waals surface area (Å²) in [6, 6.07) is 71.9. The largest absolute Gasteiger partial charge is 0.309 e. The van der Waals surface area contributed by atoms with Crippen LogP contribution in [0, 0.1) is 0 Å². The van der Waals surface area contributed by atoms with Crippen LogP contribution in [0.4, 0.5) is 0 Å². The molecule has 0 N–H and O–H groups in total. The maximum atomic E-state index is 2.48. The summed E-state index contributed by atoms with van der Waals surface area (Å²) in [6.45, 7) is 0. The maximum Gasteiger partial charge on any atom is 0.0548 e. The lowest BCUT2D eigenvalue weighted by molar-refractivity contribution is 1.18. The normalized spacial score (nSPS) is 12.3. The van der Waals surface area contributed by atoms with Crippen LogP contribution in [0.25, 0.3) is 121 Å². The van der Waals surface area contributed by atoms with Crippen molar-refractivity contribution in [2.24, 2.45) is 0 Å². The Morgan fingerprint density at radius 1 is 0.250 bits per heavy atom. The summed E-state index contributed by atoms with van der Waals surface area (Å²) >= 11 is 0. The molecule has 258 valence electrons. The summed E-state index contributed by atoms with van der Waals surface area (Å²) in [5.74, 6) is 0. The Morgan fingerprint density at radius 3 is 1.54 bits per heavy atom. The van der Waals surface area contributed by atoms with Crippen molar-refractivity contribution in [3.8, 4) is 44.8 Å². The fourth-order valence-electron chi connectivity index (χ4n) is 10.2. The van der Waals surface area contributed by atoms with Crippen molar-refractivity contribution < 1.29 is 0 Å². The van der Waals surface area contributed by atoms with Gasteiger partial charge in [-0.05, 0) is 103 Å². The standard InChI is InChI=1S/C54H32N2/c1-3-14-33(15-4-1)49-44-27-26-37(34-16-13-19-36(32-34)56-45-24-11-9-21-39(45)40-22-10-12-25-46(40)56)42-28-30-47-53(50(42)44)54-48(55(47)35-17-5-2-6-18-35)31-29-43-38-20-7-8-23-41(38)51(49)52(43)54/h1-32H. The minimum atomic E-state index is 1.16. The van der Waals surface area contributed by atoms with Crippen molar-refractivity contribution in [2.75, 3.05) is 0 Å². The number of nitrogens with zero attached hydrogens (tertiary/aromatic N) is 2. The lowest BCUT2D eigenvalue weighted by Crippen LogP contribution is -1.95. The summed E-state index contributed by atoms with van der Waals surface area (Å²) in [5.41, 5.74) is 14.9. The Morgan fingerprint density at radius 2 is 0.786 bits per heavy atom. The van der Waals surface area contributed by atoms with Crippen LogP contribution >= 0.6 is 0 Å². The second-order valence-electron chi connectivity index (χ2n) is 15.2. The highest BCUT2D eigenvalue weighted by Gasteiger charge is 2.29. The van der Waals surface area contributed by atoms with E-state index < -0.39 is 0 Å². The molecule has 0 saturated carbocycles. The number of aromatic nitrogens is 2. The highest BCUT2D eigenvalue weighted by Crippen LogP contribution is 2.56. The molecular formula is C54H32N2. The molecule has 0 saturated heterocycles. The van der Waals surface area contributed by atoms with E-state index in [1.807, 2.05) is 0 Å². The molecule has 0 fully saturated rings. The van der Waals surface area contributed by atoms with E-state index in [2.05, 4.69) is 203 Å². The second-order valence-corrected chi connectivity index (χ2v) is 15.2. The average Bonchev–Trinajstić information content (AvgIpc) is 3.87. The van der Waals surface area contributed by atoms with Crippen LogP contribution in [0.1, 0.15) is 0 Å². The number of para-hydroxylation sites is 3. The van der Waals surface area contributed by atoms with Gasteiger partial charge < -0.3 is 9.13 Å². The highest BCUT2D eigenvalue weighted by molar-refractivity contribution is 6.39. The van der Waals surface area contributed by atoms with Gasteiger partial charge in [-0.15, -0.1) is 0 Å². The van der Waals surface area contributed by atoms with E-state index in [1.165, 1.54) is 115 Å². The minimum Gasteiger partial charge on any atom is -0.309 e. The molecule has 2 aliphatic carbocycles. The Kier molecular flexibility index (Phi) is 5.92. The lowest BCUT2D eigenvalue weighted by Gasteiger charge is -2.16. The number of hydrogen-bond donors (Lipinski definition) is 0. The molecule has 56 heavy (non-hydrogen) atoms. The van der Waals surface area contributed by atoms with Crippen LogP contribution in [0.2, 0.25) is 0 Å². The van der Waals surface area contributed by atoms with Gasteiger partial charge in [-0.3, -0.25) is 0 Å². The van der Waals surface area contributed by atoms with Crippen molar-refractivity contribution in [3.05, 3.63) is 194 Å². The first-order valence-corrected chi connectivity index (χ1v) is 19.4. The van der Waals surface area contributed by atoms with Crippen LogP contribution in [0.15, 0.2) is 194 Å². The number of benzene rings is 9. The second kappa shape index (κ2) is 11.1. The minimum absolute atomic E-state index is 1.16. The number of fused-ring (bicyclic) bond motifs is 6. The zero-order chi connectivity index (χ0) is 36.5. The topological polar surface area (TPSA) is 9.86 Å². The Labute approximate surface area is 322 Å². The molecular weight excluding hydrogens is 677 g/mol. The third-order valence-corrected chi connectivity index (χ3v) is 12.4. The van der Waals surface area contributed by atoms with Gasteiger partial charge in [-0.1, -0.05) is 146 Å². The monoisotopic (exact) mass is 708 g/mol. The SMILES string of the molecule is c1ccc(-c2c3c4ccccc4c4ccc5c(c4-3)c3c4c(ccc3n5-c3ccccc3)c(-c3cccc(-n5c6ccccc6c6ccccc65)c3)ccc24)cc1. The number of rotatable bonds is 4. The summed E-state index contributed by atoms with van der Waals surface area (Å²) in [6.07, 6.45) is 0. The zero-order valence-corrected chi connectivity index (χ0v) is 30.4. The lowest BCUT2D eigenvalue weighted by atomic mass is 9.90. The number of hydrogen-bond acceptors (Lipinski definition) is 0. The van der Waals surface area contributed by atoms with Gasteiger partial charge >= 0.3 is 0 Å². The van der Waals surface area contributed by atoms with Crippen LogP contribution in [-0.2, 0) is 0 Å². The van der Waals surface area contributed by atoms with Crippen molar-refractivity contribution >= 4 is 75.9 Å². The smallest absolute Gasteiger partial charge is 0.0548 e. The van der Waals surface area contributed by atoms with Crippen molar-refractivity contribution in [2.45, 2.75) is 0 Å². The quantitative estimate of drug-likeness (QED) is 0.172. The Balaban J connectivity index is 1.20. The molecule has 0 unspecified atom stereocenters. The average molecular weight is 709 g/mol. The molecule has 9 aromatic carbocycles. The van der Waals surface area contributed by atoms with E-state index in [0.717, 1.165) is 5.69 Å². The molecule has 2 heteroatoms. The molecule has 0 bridgehead atoms. The van der Waals surface area contributed by atoms with Gasteiger partial charge in [-0.25, -0.2) is 0 Å². The van der Waals surface area contributed by atoms with Gasteiger partial charge in [0.1, 0.15) is 0 Å². The van der Waals surface area contributed by atoms with Gasteiger partial charge in [0.25, 0.3) is 0 Å². The van der Waals surface area contributed by atoms with Gasteiger partial charge in [0, 0.05) is 43.9 Å². The van der Waals surface area contributed by atoms with Crippen molar-refractivity contribution in [1.82, 2.24) is 9.13 Å². The fraction of sp³-hybridized carbons (Fsp3) is 0. The van der Waals surface area contributed by atoms with E-state index >= 15 is 0 Å². The van der Waals surface area contributed by atoms with Gasteiger partial charge in [0.05, 0.1) is 22.1 Å². The molecule has 0 spiro atoms. The van der Waals surface area contributed by atoms with E-state index in [1.54, 1.807) is 0 Å². The zero-order valence-electron chi connectivity index (χ0n) is 30.4. The molecule has 0 radical (unpaired) electrons. The summed E-state index contributed by atoms with van der Waals surface area (Å²) in [5, 5.41) is 13.0. The van der Waals surface area contributed by atoms with Crippen LogP contribution in [-0.4, -0.2) is 9.13 Å². The first-order valence-electron chi connectivity index (χ1n) is 19.4. The molecule has 0 aliphatic heterocycles. The van der Waals surface area contributed by atoms with Crippen LogP contribution in [0.3, 0.4) is 0 Å². The van der Waals surface area contributed by atoms with E-state index in [0.29, 0.717) is 0 Å². The Hall–Kier alpha value is -7.42. The predicted molar refractivity (Wildman–Crippen MR) is 238 cm³/mol. The van der Waals surface area contributed by atoms with Crippen LogP contribution < -0.4 is 0 Å². The summed E-state index contributed by atoms with van der Waals surface area (Å²) in [4.78, 5) is 0. The van der Waals surface area contributed by atoms with E-state index in [9.17, 15) is 0 Å². The summed E-state index contributed by atoms with van der Waals surface area (Å²) in [7, 11) is 0. The van der Waals surface area contributed by atoms with Gasteiger partial charge in [0.15, 0.2) is 0 Å². The maximum absolute atomic E-state index is 2.48. The molecule has 0 atom stereocenters. The molecule has 13 rings (SSSR count). The molecule has 11 aromatic rings. The molecule has 2 aromatic heterocycles. The van der Waals surface area contributed by atoms with Crippen LogP contribution in [0.5, 0.6) is 0 Å². The third-order valence-electron chi connectivity index (χ3n) is 12.4. The molecule has 2 aliphatic rings. The van der Waals surface area contributed by atoms with E-state index in [-0.39, 0.29) is 0 Å². The third kappa shape index (κ3) is 3.85. The van der Waals surface area contributed by atoms with Crippen molar-refractivity contribution in [3.63, 3.8) is 0 Å². The fourth-order valence-corrected chi connectivity index (χ4v) is 10.2. The molecule has 0 amide bonds. The summed E-state index contributed by atoms with van der Waals surface area (Å²) < 4.78 is 4.90. The molecule has 2 nitrogen and oxygen atoms in total.